The van der Waals surface area contributed by atoms with Crippen LogP contribution < -0.4 is 16.6 Å². The number of hydrogen-bond donors (Lipinski definition) is 4. The Morgan fingerprint density at radius 1 is 1.42 bits per heavy atom. The van der Waals surface area contributed by atoms with E-state index in [1.165, 1.54) is 18.2 Å². The van der Waals surface area contributed by atoms with Crippen LogP contribution in [-0.2, 0) is 0 Å². The van der Waals surface area contributed by atoms with Crippen molar-refractivity contribution >= 4 is 17.1 Å². The average molecular weight is 280 g/mol. The van der Waals surface area contributed by atoms with E-state index >= 15 is 0 Å². The summed E-state index contributed by atoms with van der Waals surface area (Å²) in [6.45, 7) is -0.904. The molecular weight excluding hydrogens is 269 g/mol. The lowest BCUT2D eigenvalue weighted by atomic mass is 10.2. The molecule has 0 saturated heterocycles. The van der Waals surface area contributed by atoms with Crippen LogP contribution in [0.5, 0.6) is 0 Å². The van der Waals surface area contributed by atoms with Gasteiger partial charge >= 0.3 is 11.9 Å². The van der Waals surface area contributed by atoms with Crippen LogP contribution >= 0.6 is 0 Å². The Morgan fingerprint density at radius 3 is 2.47 bits per heavy atom. The maximum atomic E-state index is 12.1. The van der Waals surface area contributed by atoms with Crippen molar-refractivity contribution in [3.8, 4) is 0 Å². The predicted molar refractivity (Wildman–Crippen MR) is 61.5 cm³/mol. The summed E-state index contributed by atoms with van der Waals surface area (Å²) in [7, 11) is 0. The first-order valence-electron chi connectivity index (χ1n) is 5.00. The molecular formula is C9H11F3N4O3. The molecule has 0 heterocycles. The molecule has 0 aliphatic heterocycles. The molecule has 0 spiro atoms. The number of alkyl halides is 3. The van der Waals surface area contributed by atoms with Crippen molar-refractivity contribution in [3.63, 3.8) is 0 Å². The molecule has 1 aromatic carbocycles. The summed E-state index contributed by atoms with van der Waals surface area (Å²) < 4.78 is 36.3. The van der Waals surface area contributed by atoms with Crippen molar-refractivity contribution in [2.24, 2.45) is 5.84 Å². The van der Waals surface area contributed by atoms with Crippen molar-refractivity contribution in [3.05, 3.63) is 28.3 Å². The summed E-state index contributed by atoms with van der Waals surface area (Å²) in [5, 5.41) is 21.8. The summed E-state index contributed by atoms with van der Waals surface area (Å²) >= 11 is 0. The van der Waals surface area contributed by atoms with Gasteiger partial charge < -0.3 is 15.8 Å². The topological polar surface area (TPSA) is 113 Å². The van der Waals surface area contributed by atoms with Crippen LogP contribution in [0.25, 0.3) is 0 Å². The van der Waals surface area contributed by atoms with Crippen molar-refractivity contribution in [1.29, 1.82) is 0 Å². The minimum absolute atomic E-state index is 0.0588. The molecule has 0 fully saturated rings. The van der Waals surface area contributed by atoms with Gasteiger partial charge in [-0.2, -0.15) is 13.2 Å². The van der Waals surface area contributed by atoms with Gasteiger partial charge in [0.15, 0.2) is 6.10 Å². The van der Waals surface area contributed by atoms with Gasteiger partial charge in [-0.05, 0) is 12.1 Å². The summed E-state index contributed by atoms with van der Waals surface area (Å²) in [5.41, 5.74) is 1.33. The highest BCUT2D eigenvalue weighted by atomic mass is 19.4. The number of nitro groups is 1. The van der Waals surface area contributed by atoms with E-state index in [1.807, 2.05) is 0 Å². The van der Waals surface area contributed by atoms with Gasteiger partial charge in [0, 0.05) is 6.54 Å². The summed E-state index contributed by atoms with van der Waals surface area (Å²) in [6, 6.07) is 3.87. The lowest BCUT2D eigenvalue weighted by Gasteiger charge is -2.16. The molecule has 0 aliphatic carbocycles. The first kappa shape index (κ1) is 15.0. The average Bonchev–Trinajstić information content (AvgIpc) is 2.33. The number of nitrogen functional groups attached to an aromatic ring is 1. The maximum Gasteiger partial charge on any atom is 0.416 e. The number of hydrazine groups is 1. The van der Waals surface area contributed by atoms with E-state index in [4.69, 9.17) is 10.9 Å². The van der Waals surface area contributed by atoms with Crippen molar-refractivity contribution in [2.45, 2.75) is 12.3 Å². The predicted octanol–water partition coefficient (Wildman–Crippen LogP) is 1.22. The normalized spacial score (nSPS) is 12.9. The first-order valence-corrected chi connectivity index (χ1v) is 5.00. The second-order valence-electron chi connectivity index (χ2n) is 3.54. The molecule has 0 radical (unpaired) electrons. The highest BCUT2D eigenvalue weighted by Gasteiger charge is 2.38. The Labute approximate surface area is 105 Å². The van der Waals surface area contributed by atoms with Crippen molar-refractivity contribution in [1.82, 2.24) is 0 Å². The lowest BCUT2D eigenvalue weighted by Crippen LogP contribution is -2.35. The van der Waals surface area contributed by atoms with E-state index < -0.39 is 29.4 Å². The fourth-order valence-electron chi connectivity index (χ4n) is 1.32. The molecule has 19 heavy (non-hydrogen) atoms. The molecule has 0 aliphatic rings. The number of nitrogens with one attached hydrogen (secondary N) is 2. The number of hydrogen-bond acceptors (Lipinski definition) is 6. The zero-order chi connectivity index (χ0) is 14.6. The molecule has 0 aromatic heterocycles. The molecule has 0 saturated carbocycles. The van der Waals surface area contributed by atoms with Gasteiger partial charge in [-0.1, -0.05) is 6.07 Å². The Kier molecular flexibility index (Phi) is 4.51. The van der Waals surface area contributed by atoms with Crippen LogP contribution in [0.2, 0.25) is 0 Å². The third-order valence-electron chi connectivity index (χ3n) is 2.24. The Balaban J connectivity index is 2.93. The van der Waals surface area contributed by atoms with Crippen LogP contribution in [0, 0.1) is 10.1 Å². The summed E-state index contributed by atoms with van der Waals surface area (Å²) in [6.07, 6.45) is -7.42. The minimum Gasteiger partial charge on any atom is -0.382 e. The number of halogens is 3. The molecule has 5 N–H and O–H groups in total. The molecule has 1 atom stereocenters. The number of anilines is 2. The third kappa shape index (κ3) is 3.69. The number of nitro benzene ring substituents is 1. The van der Waals surface area contributed by atoms with Gasteiger partial charge in [0.25, 0.3) is 0 Å². The fraction of sp³-hybridized carbons (Fsp3) is 0.333. The van der Waals surface area contributed by atoms with Crippen LogP contribution in [0.4, 0.5) is 30.2 Å². The number of aliphatic hydroxyl groups excluding tert-OH is 1. The molecule has 106 valence electrons. The second kappa shape index (κ2) is 5.71. The number of nitrogens with zero attached hydrogens (tertiary/aromatic N) is 1. The van der Waals surface area contributed by atoms with Crippen LogP contribution in [-0.4, -0.2) is 28.9 Å². The lowest BCUT2D eigenvalue weighted by molar-refractivity contribution is -0.383. The zero-order valence-electron chi connectivity index (χ0n) is 9.44. The fourth-order valence-corrected chi connectivity index (χ4v) is 1.32. The number of benzene rings is 1. The zero-order valence-corrected chi connectivity index (χ0v) is 9.44. The monoisotopic (exact) mass is 280 g/mol. The van der Waals surface area contributed by atoms with Crippen LogP contribution in [0.3, 0.4) is 0 Å². The quantitative estimate of drug-likeness (QED) is 0.366. The van der Waals surface area contributed by atoms with Gasteiger partial charge in [0.1, 0.15) is 11.4 Å². The highest BCUT2D eigenvalue weighted by molar-refractivity contribution is 5.75. The van der Waals surface area contributed by atoms with E-state index in [-0.39, 0.29) is 11.4 Å². The Morgan fingerprint density at radius 2 is 2.00 bits per heavy atom. The standard InChI is InChI=1S/C9H11F3N4O3/c10-9(11,12)7(17)4-14-5-2-1-3-6(15-13)8(5)16(18)19/h1-3,7,14-15,17H,4,13H2. The maximum absolute atomic E-state index is 12.1. The number of para-hydroxylation sites is 1. The minimum atomic E-state index is -4.80. The SMILES string of the molecule is NNc1cccc(NCC(O)C(F)(F)F)c1[N+](=O)[O-]. The molecule has 1 unspecified atom stereocenters. The van der Waals surface area contributed by atoms with E-state index in [1.54, 1.807) is 0 Å². The Hall–Kier alpha value is -2.07. The van der Waals surface area contributed by atoms with Crippen molar-refractivity contribution in [2.75, 3.05) is 17.3 Å². The third-order valence-corrected chi connectivity index (χ3v) is 2.24. The second-order valence-corrected chi connectivity index (χ2v) is 3.54. The van der Waals surface area contributed by atoms with Gasteiger partial charge in [-0.25, -0.2) is 0 Å². The van der Waals surface area contributed by atoms with Gasteiger partial charge in [0.2, 0.25) is 0 Å². The van der Waals surface area contributed by atoms with Gasteiger partial charge in [-0.15, -0.1) is 0 Å². The molecule has 1 aromatic rings. The van der Waals surface area contributed by atoms with E-state index in [2.05, 4.69) is 10.7 Å². The van der Waals surface area contributed by atoms with Gasteiger partial charge in [0.05, 0.1) is 4.92 Å². The van der Waals surface area contributed by atoms with Crippen molar-refractivity contribution < 1.29 is 23.2 Å². The summed E-state index contributed by atoms with van der Waals surface area (Å²) in [5.74, 6) is 5.07. The smallest absolute Gasteiger partial charge is 0.382 e. The van der Waals surface area contributed by atoms with E-state index in [0.717, 1.165) is 0 Å². The molecule has 7 nitrogen and oxygen atoms in total. The van der Waals surface area contributed by atoms with Crippen LogP contribution in [0.15, 0.2) is 18.2 Å². The number of aliphatic hydroxyl groups is 1. The van der Waals surface area contributed by atoms with E-state index in [9.17, 15) is 23.3 Å². The van der Waals surface area contributed by atoms with Crippen LogP contribution in [0.1, 0.15) is 0 Å². The molecule has 10 heteroatoms. The molecule has 1 rings (SSSR count). The largest absolute Gasteiger partial charge is 0.416 e. The Bertz CT molecular complexity index is 467. The highest BCUT2D eigenvalue weighted by Crippen LogP contribution is 2.32. The number of rotatable bonds is 5. The first-order chi connectivity index (χ1) is 8.77. The van der Waals surface area contributed by atoms with Gasteiger partial charge in [-0.3, -0.25) is 16.0 Å². The molecule has 0 amide bonds. The summed E-state index contributed by atoms with van der Waals surface area (Å²) in [4.78, 5) is 10.0. The van der Waals surface area contributed by atoms with E-state index in [0.29, 0.717) is 0 Å². The number of nitrogens with two attached hydrogens (primary N) is 1. The molecule has 0 bridgehead atoms.